The van der Waals surface area contributed by atoms with E-state index < -0.39 is 23.2 Å². The van der Waals surface area contributed by atoms with Crippen LogP contribution in [0.3, 0.4) is 0 Å². The van der Waals surface area contributed by atoms with Crippen molar-refractivity contribution < 1.29 is 25.2 Å². The van der Waals surface area contributed by atoms with Crippen molar-refractivity contribution in [1.82, 2.24) is 9.99 Å². The average Bonchev–Trinajstić information content (AvgIpc) is 3.02. The van der Waals surface area contributed by atoms with E-state index >= 15 is 0 Å². The van der Waals surface area contributed by atoms with E-state index in [4.69, 9.17) is 0 Å². The van der Waals surface area contributed by atoms with Crippen LogP contribution in [0.1, 0.15) is 32.9 Å². The van der Waals surface area contributed by atoms with Gasteiger partial charge >= 0.3 is 5.97 Å². The Morgan fingerprint density at radius 2 is 1.72 bits per heavy atom. The normalized spacial score (nSPS) is 11.1. The number of aromatic nitrogens is 1. The number of benzene rings is 2. The first-order chi connectivity index (χ1) is 13.8. The zero-order chi connectivity index (χ0) is 21.1. The molecule has 5 N–H and O–H groups in total. The number of hydrogen-bond donors (Lipinski definition) is 5. The third-order valence-electron chi connectivity index (χ3n) is 4.54. The summed E-state index contributed by atoms with van der Waals surface area (Å²) in [5.41, 5.74) is 6.48. The van der Waals surface area contributed by atoms with Gasteiger partial charge in [0.25, 0.3) is 0 Å². The first-order valence-electron chi connectivity index (χ1n) is 8.81. The standard InChI is InChI=1S/C21H21N3O5/c1-12-3-4-13(2)24(12)17-9-14(5-7-16(17)21(28)29)10-22-23-11-15-6-8-18(25)20(27)19(15)26/h3-9,11,22,25-27H,10H2,1-2H3,(H,28,29)/b23-11+. The molecule has 8 heteroatoms. The van der Waals surface area contributed by atoms with Crippen molar-refractivity contribution in [3.8, 4) is 22.9 Å². The molecule has 0 spiro atoms. The molecular weight excluding hydrogens is 374 g/mol. The molecule has 0 amide bonds. The van der Waals surface area contributed by atoms with Gasteiger partial charge in [0, 0.05) is 17.0 Å². The zero-order valence-corrected chi connectivity index (χ0v) is 15.9. The smallest absolute Gasteiger partial charge is 0.337 e. The number of aromatic hydroxyl groups is 3. The molecule has 0 unspecified atom stereocenters. The van der Waals surface area contributed by atoms with E-state index in [2.05, 4.69) is 10.5 Å². The van der Waals surface area contributed by atoms with Crippen LogP contribution < -0.4 is 5.43 Å². The van der Waals surface area contributed by atoms with Crippen LogP contribution in [0, 0.1) is 13.8 Å². The van der Waals surface area contributed by atoms with Gasteiger partial charge in [-0.2, -0.15) is 5.10 Å². The van der Waals surface area contributed by atoms with Crippen LogP contribution in [-0.4, -0.2) is 37.2 Å². The van der Waals surface area contributed by atoms with Crippen LogP contribution in [-0.2, 0) is 6.54 Å². The molecule has 29 heavy (non-hydrogen) atoms. The second-order valence-corrected chi connectivity index (χ2v) is 6.57. The molecule has 0 saturated heterocycles. The third kappa shape index (κ3) is 4.01. The Labute approximate surface area is 167 Å². The molecule has 3 rings (SSSR count). The summed E-state index contributed by atoms with van der Waals surface area (Å²) in [6.07, 6.45) is 1.31. The first-order valence-corrected chi connectivity index (χ1v) is 8.81. The Bertz CT molecular complexity index is 1080. The van der Waals surface area contributed by atoms with Crippen molar-refractivity contribution in [2.45, 2.75) is 20.4 Å². The number of rotatable bonds is 6. The summed E-state index contributed by atoms with van der Waals surface area (Å²) >= 11 is 0. The maximum atomic E-state index is 11.6. The van der Waals surface area contributed by atoms with Gasteiger partial charge in [-0.1, -0.05) is 6.07 Å². The summed E-state index contributed by atoms with van der Waals surface area (Å²) in [7, 11) is 0. The summed E-state index contributed by atoms with van der Waals surface area (Å²) in [5, 5.41) is 42.2. The zero-order valence-electron chi connectivity index (χ0n) is 15.9. The summed E-state index contributed by atoms with van der Waals surface area (Å²) in [6, 6.07) is 11.6. The summed E-state index contributed by atoms with van der Waals surface area (Å²) in [5.74, 6) is -2.51. The Balaban J connectivity index is 1.81. The average molecular weight is 395 g/mol. The fraction of sp³-hybridized carbons (Fsp3) is 0.143. The fourth-order valence-corrected chi connectivity index (χ4v) is 3.04. The Morgan fingerprint density at radius 3 is 2.38 bits per heavy atom. The second-order valence-electron chi connectivity index (χ2n) is 6.57. The number of carboxylic acids is 1. The topological polar surface area (TPSA) is 127 Å². The first kappa shape index (κ1) is 19.8. The fourth-order valence-electron chi connectivity index (χ4n) is 3.04. The van der Waals surface area contributed by atoms with Crippen molar-refractivity contribution in [3.63, 3.8) is 0 Å². The number of hydrogen-bond acceptors (Lipinski definition) is 6. The largest absolute Gasteiger partial charge is 0.504 e. The van der Waals surface area contributed by atoms with E-state index in [0.717, 1.165) is 17.0 Å². The summed E-state index contributed by atoms with van der Waals surface area (Å²) in [4.78, 5) is 11.6. The number of carboxylic acid groups (broad SMARTS) is 1. The van der Waals surface area contributed by atoms with Crippen LogP contribution in [0.25, 0.3) is 5.69 Å². The molecule has 8 nitrogen and oxygen atoms in total. The SMILES string of the molecule is Cc1ccc(C)n1-c1cc(CN/N=C/c2ccc(O)c(O)c2O)ccc1C(=O)O. The van der Waals surface area contributed by atoms with Crippen molar-refractivity contribution in [3.05, 3.63) is 70.5 Å². The van der Waals surface area contributed by atoms with E-state index in [1.165, 1.54) is 18.3 Å². The highest BCUT2D eigenvalue weighted by molar-refractivity contribution is 5.92. The molecule has 0 bridgehead atoms. The quantitative estimate of drug-likeness (QED) is 0.248. The highest BCUT2D eigenvalue weighted by Crippen LogP contribution is 2.36. The molecule has 0 atom stereocenters. The van der Waals surface area contributed by atoms with E-state index in [9.17, 15) is 25.2 Å². The molecule has 0 aliphatic carbocycles. The molecule has 150 valence electrons. The van der Waals surface area contributed by atoms with Crippen molar-refractivity contribution >= 4 is 12.2 Å². The van der Waals surface area contributed by atoms with Gasteiger partial charge in [0.1, 0.15) is 0 Å². The van der Waals surface area contributed by atoms with Gasteiger partial charge in [0.2, 0.25) is 5.75 Å². The van der Waals surface area contributed by atoms with E-state index in [0.29, 0.717) is 12.2 Å². The Hall–Kier alpha value is -3.94. The summed E-state index contributed by atoms with van der Waals surface area (Å²) in [6.45, 7) is 4.13. The van der Waals surface area contributed by atoms with Crippen LogP contribution in [0.5, 0.6) is 17.2 Å². The van der Waals surface area contributed by atoms with Gasteiger partial charge < -0.3 is 30.4 Å². The van der Waals surface area contributed by atoms with Gasteiger partial charge in [0.05, 0.1) is 24.0 Å². The van der Waals surface area contributed by atoms with Gasteiger partial charge in [-0.3, -0.25) is 0 Å². The lowest BCUT2D eigenvalue weighted by molar-refractivity contribution is 0.0697. The predicted molar refractivity (Wildman–Crippen MR) is 108 cm³/mol. The number of hydrazone groups is 1. The van der Waals surface area contributed by atoms with Gasteiger partial charge in [-0.25, -0.2) is 4.79 Å². The van der Waals surface area contributed by atoms with Gasteiger partial charge in [-0.05, 0) is 55.8 Å². The molecule has 2 aromatic carbocycles. The number of nitrogens with one attached hydrogen (secondary N) is 1. The number of carbonyl (C=O) groups is 1. The van der Waals surface area contributed by atoms with Gasteiger partial charge in [0.15, 0.2) is 11.5 Å². The lowest BCUT2D eigenvalue weighted by Crippen LogP contribution is -2.11. The molecule has 1 aromatic heterocycles. The van der Waals surface area contributed by atoms with Crippen molar-refractivity contribution in [2.24, 2.45) is 5.10 Å². The number of phenolic OH excluding ortho intramolecular Hbond substituents is 3. The number of phenols is 3. The minimum atomic E-state index is -1.01. The molecule has 1 heterocycles. The van der Waals surface area contributed by atoms with Gasteiger partial charge in [-0.15, -0.1) is 0 Å². The molecule has 0 fully saturated rings. The molecule has 0 aliphatic rings. The predicted octanol–water partition coefficient (Wildman–Crippen LogP) is 3.03. The van der Waals surface area contributed by atoms with Crippen molar-refractivity contribution in [1.29, 1.82) is 0 Å². The monoisotopic (exact) mass is 395 g/mol. The van der Waals surface area contributed by atoms with Crippen LogP contribution in [0.15, 0.2) is 47.6 Å². The second kappa shape index (κ2) is 7.97. The Kier molecular flexibility index (Phi) is 5.45. The number of aromatic carboxylic acids is 1. The molecule has 0 aliphatic heterocycles. The van der Waals surface area contributed by atoms with E-state index in [-0.39, 0.29) is 11.1 Å². The van der Waals surface area contributed by atoms with Crippen LogP contribution >= 0.6 is 0 Å². The Morgan fingerprint density at radius 1 is 1.03 bits per heavy atom. The maximum absolute atomic E-state index is 11.6. The number of aryl methyl sites for hydroxylation is 2. The highest BCUT2D eigenvalue weighted by atomic mass is 16.4. The minimum Gasteiger partial charge on any atom is -0.504 e. The lowest BCUT2D eigenvalue weighted by atomic mass is 10.1. The highest BCUT2D eigenvalue weighted by Gasteiger charge is 2.15. The molecule has 3 aromatic rings. The third-order valence-corrected chi connectivity index (χ3v) is 4.54. The van der Waals surface area contributed by atoms with Crippen LogP contribution in [0.4, 0.5) is 0 Å². The molecular formula is C21H21N3O5. The van der Waals surface area contributed by atoms with Crippen molar-refractivity contribution in [2.75, 3.05) is 0 Å². The molecule has 0 saturated carbocycles. The summed E-state index contributed by atoms with van der Waals surface area (Å²) < 4.78 is 1.88. The van der Waals surface area contributed by atoms with Crippen LogP contribution in [0.2, 0.25) is 0 Å². The number of nitrogens with zero attached hydrogens (tertiary/aromatic N) is 2. The molecule has 0 radical (unpaired) electrons. The minimum absolute atomic E-state index is 0.198. The van der Waals surface area contributed by atoms with E-state index in [1.807, 2.05) is 30.5 Å². The lowest BCUT2D eigenvalue weighted by Gasteiger charge is -2.14. The maximum Gasteiger partial charge on any atom is 0.337 e. The van der Waals surface area contributed by atoms with E-state index in [1.54, 1.807) is 18.2 Å².